The summed E-state index contributed by atoms with van der Waals surface area (Å²) in [5.74, 6) is 0.0575. The third-order valence-corrected chi connectivity index (χ3v) is 6.29. The third-order valence-electron chi connectivity index (χ3n) is 5.46. The first-order valence-corrected chi connectivity index (χ1v) is 10.8. The second-order valence-electron chi connectivity index (χ2n) is 7.61. The van der Waals surface area contributed by atoms with Crippen molar-refractivity contribution in [3.63, 3.8) is 0 Å². The van der Waals surface area contributed by atoms with Crippen LogP contribution in [0.2, 0.25) is 0 Å². The minimum Gasteiger partial charge on any atom is -0.480 e. The highest BCUT2D eigenvalue weighted by Crippen LogP contribution is 2.35. The molecule has 0 radical (unpaired) electrons. The van der Waals surface area contributed by atoms with Gasteiger partial charge in [0, 0.05) is 24.9 Å². The van der Waals surface area contributed by atoms with Crippen LogP contribution in [0, 0.1) is 23.2 Å². The molecule has 0 saturated heterocycles. The maximum absolute atomic E-state index is 10.6. The second-order valence-corrected chi connectivity index (χ2v) is 8.40. The predicted octanol–water partition coefficient (Wildman–Crippen LogP) is 4.68. The molecule has 0 spiro atoms. The Bertz CT molecular complexity index is 852. The summed E-state index contributed by atoms with van der Waals surface area (Å²) in [5, 5.41) is 22.5. The summed E-state index contributed by atoms with van der Waals surface area (Å²) in [7, 11) is 0. The quantitative estimate of drug-likeness (QED) is 0.587. The molecule has 0 bridgehead atoms. The number of aromatic nitrogens is 2. The predicted molar refractivity (Wildman–Crippen MR) is 113 cm³/mol. The van der Waals surface area contributed by atoms with Gasteiger partial charge in [-0.3, -0.25) is 4.68 Å². The number of aliphatic carboxylic acids is 1. The van der Waals surface area contributed by atoms with Crippen molar-refractivity contribution in [3.8, 4) is 17.3 Å². The Labute approximate surface area is 179 Å². The van der Waals surface area contributed by atoms with Gasteiger partial charge in [-0.1, -0.05) is 30.3 Å². The molecule has 0 amide bonds. The van der Waals surface area contributed by atoms with Gasteiger partial charge in [0.25, 0.3) is 0 Å². The van der Waals surface area contributed by atoms with Gasteiger partial charge >= 0.3 is 5.97 Å². The molecule has 154 valence electrons. The molecule has 1 saturated carbocycles. The van der Waals surface area contributed by atoms with Crippen LogP contribution in [-0.4, -0.2) is 34.1 Å². The molecule has 2 aromatic rings. The number of benzene rings is 1. The summed E-state index contributed by atoms with van der Waals surface area (Å²) in [4.78, 5) is 10.6. The maximum Gasteiger partial charge on any atom is 0.329 e. The fourth-order valence-electron chi connectivity index (χ4n) is 3.97. The number of aryl methyl sites for hydroxylation is 1. The number of halogens is 1. The summed E-state index contributed by atoms with van der Waals surface area (Å²) in [6, 6.07) is 12.4. The molecule has 1 N–H and O–H groups in total. The Morgan fingerprint density at radius 3 is 2.59 bits per heavy atom. The second kappa shape index (κ2) is 10.6. The molecule has 29 heavy (non-hydrogen) atoms. The van der Waals surface area contributed by atoms with Crippen LogP contribution >= 0.6 is 15.9 Å². The smallest absolute Gasteiger partial charge is 0.329 e. The summed E-state index contributed by atoms with van der Waals surface area (Å²) in [5.41, 5.74) is 3.12. The Morgan fingerprint density at radius 1 is 1.24 bits per heavy atom. The SMILES string of the molecule is N#CCCc1nn(C[C@H]2CC[C@H](COCC(=O)O)CC2)c(-c2ccccc2)c1Br. The molecule has 1 aromatic heterocycles. The average molecular weight is 460 g/mol. The Hall–Kier alpha value is -2.17. The normalized spacial score (nSPS) is 19.0. The van der Waals surface area contributed by atoms with E-state index in [-0.39, 0.29) is 6.61 Å². The van der Waals surface area contributed by atoms with E-state index in [9.17, 15) is 4.79 Å². The van der Waals surface area contributed by atoms with Gasteiger partial charge < -0.3 is 9.84 Å². The highest BCUT2D eigenvalue weighted by Gasteiger charge is 2.25. The molecule has 1 fully saturated rings. The fraction of sp³-hybridized carbons (Fsp3) is 0.500. The Balaban J connectivity index is 1.67. The van der Waals surface area contributed by atoms with Crippen molar-refractivity contribution < 1.29 is 14.6 Å². The summed E-state index contributed by atoms with van der Waals surface area (Å²) < 4.78 is 8.35. The standard InChI is InChI=1S/C22H26BrN3O3/c23-21-19(7-4-12-24)25-26(22(21)18-5-2-1-3-6-18)13-16-8-10-17(11-9-16)14-29-15-20(27)28/h1-3,5-6,16-17H,4,7-11,13-15H2,(H,27,28)/t16-,17-. The van der Waals surface area contributed by atoms with Gasteiger partial charge in [-0.2, -0.15) is 10.4 Å². The number of carbonyl (C=O) groups is 1. The number of carboxylic acid groups (broad SMARTS) is 1. The van der Waals surface area contributed by atoms with E-state index in [0.29, 0.717) is 31.3 Å². The monoisotopic (exact) mass is 459 g/mol. The van der Waals surface area contributed by atoms with E-state index >= 15 is 0 Å². The Morgan fingerprint density at radius 2 is 1.93 bits per heavy atom. The van der Waals surface area contributed by atoms with Crippen molar-refractivity contribution in [2.45, 2.75) is 45.1 Å². The molecule has 1 heterocycles. The van der Waals surface area contributed by atoms with Crippen LogP contribution in [0.25, 0.3) is 11.3 Å². The van der Waals surface area contributed by atoms with Gasteiger partial charge in [0.1, 0.15) is 6.61 Å². The first-order valence-electron chi connectivity index (χ1n) is 10.1. The minimum atomic E-state index is -0.913. The van der Waals surface area contributed by atoms with E-state index in [2.05, 4.69) is 38.8 Å². The molecule has 1 aromatic carbocycles. The van der Waals surface area contributed by atoms with Crippen molar-refractivity contribution in [1.29, 1.82) is 5.26 Å². The van der Waals surface area contributed by atoms with Gasteiger partial charge in [0.15, 0.2) is 0 Å². The van der Waals surface area contributed by atoms with Gasteiger partial charge in [-0.25, -0.2) is 4.79 Å². The number of nitrogens with zero attached hydrogens (tertiary/aromatic N) is 3. The molecule has 1 aliphatic carbocycles. The van der Waals surface area contributed by atoms with Crippen molar-refractivity contribution in [2.75, 3.05) is 13.2 Å². The van der Waals surface area contributed by atoms with Gasteiger partial charge in [0.2, 0.25) is 0 Å². The zero-order valence-corrected chi connectivity index (χ0v) is 18.0. The van der Waals surface area contributed by atoms with Crippen molar-refractivity contribution in [2.24, 2.45) is 11.8 Å². The number of carboxylic acids is 1. The number of hydrogen-bond acceptors (Lipinski definition) is 4. The molecule has 0 unspecified atom stereocenters. The van der Waals surface area contributed by atoms with Crippen molar-refractivity contribution in [3.05, 3.63) is 40.5 Å². The molecule has 0 atom stereocenters. The van der Waals surface area contributed by atoms with E-state index in [4.69, 9.17) is 20.2 Å². The van der Waals surface area contributed by atoms with Crippen LogP contribution in [0.3, 0.4) is 0 Å². The summed E-state index contributed by atoms with van der Waals surface area (Å²) in [6.07, 6.45) is 5.35. The molecule has 7 heteroatoms. The highest BCUT2D eigenvalue weighted by molar-refractivity contribution is 9.10. The first kappa shape index (κ1) is 21.5. The number of nitriles is 1. The zero-order valence-electron chi connectivity index (χ0n) is 16.4. The highest BCUT2D eigenvalue weighted by atomic mass is 79.9. The van der Waals surface area contributed by atoms with E-state index in [1.54, 1.807) is 0 Å². The van der Waals surface area contributed by atoms with E-state index < -0.39 is 5.97 Å². The molecule has 6 nitrogen and oxygen atoms in total. The number of hydrogen-bond donors (Lipinski definition) is 1. The fourth-order valence-corrected chi connectivity index (χ4v) is 4.68. The Kier molecular flexibility index (Phi) is 7.84. The van der Waals surface area contributed by atoms with Crippen LogP contribution in [0.15, 0.2) is 34.8 Å². The van der Waals surface area contributed by atoms with E-state index in [0.717, 1.165) is 53.7 Å². The molecule has 0 aliphatic heterocycles. The largest absolute Gasteiger partial charge is 0.480 e. The lowest BCUT2D eigenvalue weighted by molar-refractivity contribution is -0.142. The number of ether oxygens (including phenoxy) is 1. The van der Waals surface area contributed by atoms with E-state index in [1.807, 2.05) is 18.2 Å². The van der Waals surface area contributed by atoms with Gasteiger partial charge in [-0.05, 0) is 53.4 Å². The van der Waals surface area contributed by atoms with Gasteiger partial charge in [0.05, 0.1) is 28.5 Å². The van der Waals surface area contributed by atoms with Crippen LogP contribution < -0.4 is 0 Å². The van der Waals surface area contributed by atoms with Crippen molar-refractivity contribution in [1.82, 2.24) is 9.78 Å². The number of rotatable bonds is 9. The molecular formula is C22H26BrN3O3. The maximum atomic E-state index is 10.6. The van der Waals surface area contributed by atoms with Crippen LogP contribution in [-0.2, 0) is 22.5 Å². The van der Waals surface area contributed by atoms with Crippen LogP contribution in [0.5, 0.6) is 0 Å². The van der Waals surface area contributed by atoms with Crippen LogP contribution in [0.1, 0.15) is 37.8 Å². The lowest BCUT2D eigenvalue weighted by Crippen LogP contribution is -2.23. The molecule has 1 aliphatic rings. The van der Waals surface area contributed by atoms with Crippen LogP contribution in [0.4, 0.5) is 0 Å². The average Bonchev–Trinajstić information content (AvgIpc) is 3.03. The zero-order chi connectivity index (χ0) is 20.6. The molecule has 3 rings (SSSR count). The molecular weight excluding hydrogens is 434 g/mol. The lowest BCUT2D eigenvalue weighted by Gasteiger charge is -2.28. The van der Waals surface area contributed by atoms with Gasteiger partial charge in [-0.15, -0.1) is 0 Å². The first-order chi connectivity index (χ1) is 14.1. The third kappa shape index (κ3) is 5.91. The summed E-state index contributed by atoms with van der Waals surface area (Å²) >= 11 is 3.73. The van der Waals surface area contributed by atoms with Crippen molar-refractivity contribution >= 4 is 21.9 Å². The van der Waals surface area contributed by atoms with E-state index in [1.165, 1.54) is 0 Å². The summed E-state index contributed by atoms with van der Waals surface area (Å²) in [6.45, 7) is 1.16. The minimum absolute atomic E-state index is 0.215. The lowest BCUT2D eigenvalue weighted by atomic mass is 9.82. The topological polar surface area (TPSA) is 88.1 Å².